The first kappa shape index (κ1) is 12.6. The first-order chi connectivity index (χ1) is 9.33. The smallest absolute Gasteiger partial charge is 0.173 e. The summed E-state index contributed by atoms with van der Waals surface area (Å²) in [7, 11) is 0. The van der Waals surface area contributed by atoms with Crippen molar-refractivity contribution in [2.75, 3.05) is 0 Å². The van der Waals surface area contributed by atoms with E-state index in [1.165, 1.54) is 0 Å². The molecule has 0 saturated carbocycles. The van der Waals surface area contributed by atoms with Gasteiger partial charge in [0.25, 0.3) is 0 Å². The van der Waals surface area contributed by atoms with E-state index in [-0.39, 0.29) is 0 Å². The van der Waals surface area contributed by atoms with Crippen LogP contribution in [0, 0.1) is 0 Å². The van der Waals surface area contributed by atoms with Crippen LogP contribution in [0.4, 0.5) is 0 Å². The fraction of sp³-hybridized carbons (Fsp3) is 0. The minimum Gasteiger partial charge on any atom is -0.457 e. The summed E-state index contributed by atoms with van der Waals surface area (Å²) < 4.78 is 5.68. The van der Waals surface area contributed by atoms with E-state index in [1.807, 2.05) is 54.6 Å². The fourth-order valence-corrected chi connectivity index (χ4v) is 1.55. The van der Waals surface area contributed by atoms with Crippen molar-refractivity contribution in [3.8, 4) is 11.5 Å². The molecule has 0 unspecified atom stereocenters. The Bertz CT molecular complexity index is 564. The Labute approximate surface area is 111 Å². The first-order valence-corrected chi connectivity index (χ1v) is 5.66. The number of hydrogen-bond acceptors (Lipinski definition) is 4. The highest BCUT2D eigenvalue weighted by atomic mass is 16.5. The maximum Gasteiger partial charge on any atom is 0.173 e. The minimum absolute atomic E-state index is 0.446. The van der Waals surface area contributed by atoms with Gasteiger partial charge >= 0.3 is 0 Å². The molecule has 0 amide bonds. The third-order valence-corrected chi connectivity index (χ3v) is 2.42. The molecule has 3 N–H and O–H groups in total. The largest absolute Gasteiger partial charge is 0.457 e. The number of ether oxygens (including phenoxy) is 1. The number of benzene rings is 2. The molecule has 0 saturated heterocycles. The molecule has 0 heterocycles. The van der Waals surface area contributed by atoms with Gasteiger partial charge in [0, 0.05) is 12.3 Å². The van der Waals surface area contributed by atoms with E-state index in [2.05, 4.69) is 22.3 Å². The highest BCUT2D eigenvalue weighted by Crippen LogP contribution is 2.21. The average molecular weight is 254 g/mol. The lowest BCUT2D eigenvalue weighted by atomic mass is 10.2. The van der Waals surface area contributed by atoms with E-state index < -0.39 is 0 Å². The molecule has 0 spiro atoms. The van der Waals surface area contributed by atoms with Crippen LogP contribution in [0.5, 0.6) is 11.5 Å². The van der Waals surface area contributed by atoms with Crippen LogP contribution in [-0.2, 0) is 0 Å². The van der Waals surface area contributed by atoms with Crippen LogP contribution in [0.15, 0.2) is 64.8 Å². The first-order valence-electron chi connectivity index (χ1n) is 5.66. The van der Waals surface area contributed by atoms with Gasteiger partial charge in [0.05, 0.1) is 0 Å². The SMILES string of the molecule is C=NNC(=NN)c1ccc(Oc2ccccc2)cc1. The number of amidine groups is 1. The number of nitrogens with one attached hydrogen (secondary N) is 1. The number of rotatable bonds is 4. The molecule has 96 valence electrons. The Kier molecular flexibility index (Phi) is 4.12. The number of hydrogen-bond donors (Lipinski definition) is 2. The van der Waals surface area contributed by atoms with Gasteiger partial charge in [0.2, 0.25) is 0 Å². The molecule has 0 bridgehead atoms. The Hall–Kier alpha value is -2.82. The predicted octanol–water partition coefficient (Wildman–Crippen LogP) is 2.30. The maximum atomic E-state index is 5.68. The molecule has 0 aliphatic rings. The van der Waals surface area contributed by atoms with Crippen LogP contribution in [0.1, 0.15) is 5.56 Å². The average Bonchev–Trinajstić information content (AvgIpc) is 2.47. The summed E-state index contributed by atoms with van der Waals surface area (Å²) >= 11 is 0. The Balaban J connectivity index is 2.12. The zero-order valence-electron chi connectivity index (χ0n) is 10.3. The molecule has 0 aliphatic carbocycles. The van der Waals surface area contributed by atoms with Crippen molar-refractivity contribution in [1.29, 1.82) is 0 Å². The van der Waals surface area contributed by atoms with E-state index >= 15 is 0 Å². The van der Waals surface area contributed by atoms with Crippen molar-refractivity contribution in [3.05, 3.63) is 60.2 Å². The van der Waals surface area contributed by atoms with E-state index in [1.54, 1.807) is 0 Å². The zero-order chi connectivity index (χ0) is 13.5. The van der Waals surface area contributed by atoms with Crippen LogP contribution in [0.2, 0.25) is 0 Å². The summed E-state index contributed by atoms with van der Waals surface area (Å²) in [6.07, 6.45) is 0. The van der Waals surface area contributed by atoms with Crippen LogP contribution in [0.25, 0.3) is 0 Å². The Morgan fingerprint density at radius 3 is 2.21 bits per heavy atom. The maximum absolute atomic E-state index is 5.68. The highest BCUT2D eigenvalue weighted by molar-refractivity contribution is 5.98. The number of para-hydroxylation sites is 1. The van der Waals surface area contributed by atoms with Crippen LogP contribution < -0.4 is 16.0 Å². The van der Waals surface area contributed by atoms with Crippen LogP contribution >= 0.6 is 0 Å². The van der Waals surface area contributed by atoms with E-state index in [0.29, 0.717) is 5.84 Å². The fourth-order valence-electron chi connectivity index (χ4n) is 1.55. The van der Waals surface area contributed by atoms with E-state index in [4.69, 9.17) is 10.6 Å². The van der Waals surface area contributed by atoms with Gasteiger partial charge in [-0.2, -0.15) is 10.2 Å². The van der Waals surface area contributed by atoms with Gasteiger partial charge in [-0.1, -0.05) is 18.2 Å². The standard InChI is InChI=1S/C14H14N4O/c1-16-18-14(17-15)11-7-9-13(10-8-11)19-12-5-3-2-4-6-12/h2-10H,1,15H2,(H,17,18). The van der Waals surface area contributed by atoms with Crippen molar-refractivity contribution >= 4 is 12.6 Å². The molecule has 0 fully saturated rings. The summed E-state index contributed by atoms with van der Waals surface area (Å²) in [5.41, 5.74) is 3.42. The molecule has 0 aliphatic heterocycles. The quantitative estimate of drug-likeness (QED) is 0.380. The number of hydrazone groups is 2. The van der Waals surface area contributed by atoms with Gasteiger partial charge in [-0.05, 0) is 36.4 Å². The van der Waals surface area contributed by atoms with Crippen LogP contribution in [0.3, 0.4) is 0 Å². The van der Waals surface area contributed by atoms with Gasteiger partial charge in [-0.15, -0.1) is 0 Å². The van der Waals surface area contributed by atoms with Crippen LogP contribution in [-0.4, -0.2) is 12.6 Å². The second-order valence-electron chi connectivity index (χ2n) is 3.69. The van der Waals surface area contributed by atoms with Crippen molar-refractivity contribution in [2.24, 2.45) is 16.0 Å². The normalized spacial score (nSPS) is 10.8. The lowest BCUT2D eigenvalue weighted by molar-refractivity contribution is 0.482. The van der Waals surface area contributed by atoms with Crippen molar-refractivity contribution in [2.45, 2.75) is 0 Å². The van der Waals surface area contributed by atoms with Crippen molar-refractivity contribution in [3.63, 3.8) is 0 Å². The lowest BCUT2D eigenvalue weighted by Gasteiger charge is -2.07. The third kappa shape index (κ3) is 3.32. The van der Waals surface area contributed by atoms with E-state index in [9.17, 15) is 0 Å². The number of nitrogens with two attached hydrogens (primary N) is 1. The Morgan fingerprint density at radius 1 is 1.00 bits per heavy atom. The van der Waals surface area contributed by atoms with E-state index in [0.717, 1.165) is 17.1 Å². The highest BCUT2D eigenvalue weighted by Gasteiger charge is 2.03. The predicted molar refractivity (Wildman–Crippen MR) is 76.4 cm³/mol. The molecule has 5 heteroatoms. The molecule has 19 heavy (non-hydrogen) atoms. The lowest BCUT2D eigenvalue weighted by Crippen LogP contribution is -2.20. The summed E-state index contributed by atoms with van der Waals surface area (Å²) in [5, 5.41) is 7.12. The molecule has 2 rings (SSSR count). The van der Waals surface area contributed by atoms with Gasteiger partial charge in [0.1, 0.15) is 11.5 Å². The molecule has 5 nitrogen and oxygen atoms in total. The molecular weight excluding hydrogens is 240 g/mol. The summed E-state index contributed by atoms with van der Waals surface area (Å²) in [6, 6.07) is 16.9. The van der Waals surface area contributed by atoms with Crippen molar-refractivity contribution < 1.29 is 4.74 Å². The summed E-state index contributed by atoms with van der Waals surface area (Å²) in [6.45, 7) is 3.33. The second-order valence-corrected chi connectivity index (χ2v) is 3.69. The van der Waals surface area contributed by atoms with Crippen molar-refractivity contribution in [1.82, 2.24) is 5.43 Å². The van der Waals surface area contributed by atoms with Gasteiger partial charge in [-0.25, -0.2) is 0 Å². The summed E-state index contributed by atoms with van der Waals surface area (Å²) in [4.78, 5) is 0. The molecular formula is C14H14N4O. The minimum atomic E-state index is 0.446. The third-order valence-electron chi connectivity index (χ3n) is 2.42. The van der Waals surface area contributed by atoms with Gasteiger partial charge in [-0.3, -0.25) is 5.43 Å². The monoisotopic (exact) mass is 254 g/mol. The second kappa shape index (κ2) is 6.20. The Morgan fingerprint density at radius 2 is 1.63 bits per heavy atom. The number of nitrogens with zero attached hydrogens (tertiary/aromatic N) is 2. The zero-order valence-corrected chi connectivity index (χ0v) is 10.3. The van der Waals surface area contributed by atoms with Gasteiger partial charge < -0.3 is 10.6 Å². The summed E-state index contributed by atoms with van der Waals surface area (Å²) in [5.74, 6) is 7.22. The molecule has 0 atom stereocenters. The molecule has 0 aromatic heterocycles. The molecule has 0 radical (unpaired) electrons. The molecule has 2 aromatic rings. The van der Waals surface area contributed by atoms with Gasteiger partial charge in [0.15, 0.2) is 5.84 Å². The molecule has 2 aromatic carbocycles. The topological polar surface area (TPSA) is 72.0 Å².